The minimum atomic E-state index is -3.83. The van der Waals surface area contributed by atoms with Crippen molar-refractivity contribution in [3.63, 3.8) is 0 Å². The van der Waals surface area contributed by atoms with Crippen LogP contribution >= 0.6 is 0 Å². The van der Waals surface area contributed by atoms with Crippen LogP contribution in [-0.4, -0.2) is 27.5 Å². The predicted octanol–water partition coefficient (Wildman–Crippen LogP) is 4.11. The quantitative estimate of drug-likeness (QED) is 0.742. The van der Waals surface area contributed by atoms with Gasteiger partial charge in [0.05, 0.1) is 12.0 Å². The SMILES string of the molecule is COc1ccc(NS(=O)(=O)c2cc(C(=O)N[C@@H]3CCCC[C@@H]3C)ccc2C)cc1. The smallest absolute Gasteiger partial charge is 0.262 e. The highest BCUT2D eigenvalue weighted by Gasteiger charge is 2.24. The molecule has 7 heteroatoms. The molecule has 1 aliphatic rings. The fraction of sp³-hybridized carbons (Fsp3) is 0.409. The van der Waals surface area contributed by atoms with Crippen molar-refractivity contribution in [2.45, 2.75) is 50.5 Å². The highest BCUT2D eigenvalue weighted by molar-refractivity contribution is 7.92. The highest BCUT2D eigenvalue weighted by atomic mass is 32.2. The van der Waals surface area contributed by atoms with E-state index in [9.17, 15) is 13.2 Å². The average Bonchev–Trinajstić information content (AvgIpc) is 2.70. The van der Waals surface area contributed by atoms with Gasteiger partial charge in [-0.3, -0.25) is 9.52 Å². The molecule has 29 heavy (non-hydrogen) atoms. The molecule has 0 unspecified atom stereocenters. The molecule has 1 aliphatic carbocycles. The van der Waals surface area contributed by atoms with Gasteiger partial charge in [0.1, 0.15) is 5.75 Å². The van der Waals surface area contributed by atoms with Gasteiger partial charge in [-0.25, -0.2) is 8.42 Å². The predicted molar refractivity (Wildman–Crippen MR) is 114 cm³/mol. The summed E-state index contributed by atoms with van der Waals surface area (Å²) in [6.45, 7) is 3.86. The van der Waals surface area contributed by atoms with Crippen LogP contribution in [0.1, 0.15) is 48.5 Å². The molecule has 0 spiro atoms. The van der Waals surface area contributed by atoms with Crippen molar-refractivity contribution in [2.24, 2.45) is 5.92 Å². The summed E-state index contributed by atoms with van der Waals surface area (Å²) in [5, 5.41) is 3.08. The second-order valence-corrected chi connectivity index (χ2v) is 9.31. The average molecular weight is 417 g/mol. The minimum Gasteiger partial charge on any atom is -0.497 e. The molecule has 1 saturated carbocycles. The zero-order valence-electron chi connectivity index (χ0n) is 17.1. The molecule has 2 N–H and O–H groups in total. The number of methoxy groups -OCH3 is 1. The lowest BCUT2D eigenvalue weighted by Crippen LogP contribution is -2.41. The van der Waals surface area contributed by atoms with Crippen LogP contribution in [0.25, 0.3) is 0 Å². The number of amides is 1. The van der Waals surface area contributed by atoms with Gasteiger partial charge < -0.3 is 10.1 Å². The third-order valence-electron chi connectivity index (χ3n) is 5.51. The van der Waals surface area contributed by atoms with Gasteiger partial charge in [0.2, 0.25) is 0 Å². The summed E-state index contributed by atoms with van der Waals surface area (Å²) in [5.41, 5.74) is 1.35. The number of anilines is 1. The maximum Gasteiger partial charge on any atom is 0.262 e. The Morgan fingerprint density at radius 2 is 1.76 bits per heavy atom. The van der Waals surface area contributed by atoms with Crippen molar-refractivity contribution in [1.82, 2.24) is 5.32 Å². The number of hydrogen-bond donors (Lipinski definition) is 2. The van der Waals surface area contributed by atoms with E-state index in [4.69, 9.17) is 4.74 Å². The van der Waals surface area contributed by atoms with E-state index in [0.29, 0.717) is 28.5 Å². The molecule has 1 fully saturated rings. The van der Waals surface area contributed by atoms with Gasteiger partial charge in [-0.2, -0.15) is 0 Å². The van der Waals surface area contributed by atoms with Crippen LogP contribution in [0.15, 0.2) is 47.4 Å². The number of aryl methyl sites for hydroxylation is 1. The second-order valence-electron chi connectivity index (χ2n) is 7.66. The summed E-state index contributed by atoms with van der Waals surface area (Å²) < 4.78 is 33.5. The topological polar surface area (TPSA) is 84.5 Å². The van der Waals surface area contributed by atoms with Crippen LogP contribution in [0, 0.1) is 12.8 Å². The Hall–Kier alpha value is -2.54. The number of sulfonamides is 1. The second kappa shape index (κ2) is 8.86. The number of benzene rings is 2. The Labute approximate surface area is 172 Å². The van der Waals surface area contributed by atoms with E-state index < -0.39 is 10.0 Å². The number of carbonyl (C=O) groups is 1. The molecule has 0 aliphatic heterocycles. The van der Waals surface area contributed by atoms with Crippen LogP contribution in [0.4, 0.5) is 5.69 Å². The molecule has 0 radical (unpaired) electrons. The number of ether oxygens (including phenoxy) is 1. The standard InChI is InChI=1S/C22H28N2O4S/c1-15-6-4-5-7-20(15)23-22(25)17-9-8-16(2)21(14-17)29(26,27)24-18-10-12-19(28-3)13-11-18/h8-15,20,24H,4-7H2,1-3H3,(H,23,25)/t15-,20+/m0/s1. The first-order valence-electron chi connectivity index (χ1n) is 9.88. The van der Waals surface area contributed by atoms with Crippen molar-refractivity contribution >= 4 is 21.6 Å². The molecular weight excluding hydrogens is 388 g/mol. The van der Waals surface area contributed by atoms with Crippen molar-refractivity contribution in [3.05, 3.63) is 53.6 Å². The van der Waals surface area contributed by atoms with Gasteiger partial charge >= 0.3 is 0 Å². The van der Waals surface area contributed by atoms with Gasteiger partial charge in [0.25, 0.3) is 15.9 Å². The first-order valence-corrected chi connectivity index (χ1v) is 11.4. The van der Waals surface area contributed by atoms with Crippen molar-refractivity contribution in [2.75, 3.05) is 11.8 Å². The van der Waals surface area contributed by atoms with Gasteiger partial charge in [-0.1, -0.05) is 25.8 Å². The Morgan fingerprint density at radius 3 is 2.41 bits per heavy atom. The summed E-state index contributed by atoms with van der Waals surface area (Å²) in [6, 6.07) is 11.5. The van der Waals surface area contributed by atoms with Gasteiger partial charge in [-0.15, -0.1) is 0 Å². The highest BCUT2D eigenvalue weighted by Crippen LogP contribution is 2.25. The molecule has 0 saturated heterocycles. The lowest BCUT2D eigenvalue weighted by Gasteiger charge is -2.29. The van der Waals surface area contributed by atoms with Crippen molar-refractivity contribution < 1.29 is 17.9 Å². The Morgan fingerprint density at radius 1 is 1.07 bits per heavy atom. The molecule has 0 bridgehead atoms. The van der Waals surface area contributed by atoms with Gasteiger partial charge in [0, 0.05) is 17.3 Å². The van der Waals surface area contributed by atoms with E-state index in [1.165, 1.54) is 12.5 Å². The lowest BCUT2D eigenvalue weighted by atomic mass is 9.86. The van der Waals surface area contributed by atoms with Crippen LogP contribution in [-0.2, 0) is 10.0 Å². The Balaban J connectivity index is 1.80. The van der Waals surface area contributed by atoms with Gasteiger partial charge in [0.15, 0.2) is 0 Å². The Bertz CT molecular complexity index is 971. The minimum absolute atomic E-state index is 0.0951. The van der Waals surface area contributed by atoms with E-state index in [-0.39, 0.29) is 16.8 Å². The fourth-order valence-electron chi connectivity index (χ4n) is 3.68. The summed E-state index contributed by atoms with van der Waals surface area (Å²) in [5.74, 6) is 0.836. The fourth-order valence-corrected chi connectivity index (χ4v) is 5.01. The number of nitrogens with one attached hydrogen (secondary N) is 2. The summed E-state index contributed by atoms with van der Waals surface area (Å²) in [6.07, 6.45) is 4.36. The summed E-state index contributed by atoms with van der Waals surface area (Å²) in [4.78, 5) is 12.8. The van der Waals surface area contributed by atoms with Crippen molar-refractivity contribution in [1.29, 1.82) is 0 Å². The largest absolute Gasteiger partial charge is 0.497 e. The zero-order valence-corrected chi connectivity index (χ0v) is 17.9. The van der Waals surface area contributed by atoms with Crippen LogP contribution in [0.5, 0.6) is 5.75 Å². The van der Waals surface area contributed by atoms with E-state index in [1.54, 1.807) is 50.4 Å². The molecule has 0 heterocycles. The van der Waals surface area contributed by atoms with Crippen molar-refractivity contribution in [3.8, 4) is 5.75 Å². The first kappa shape index (κ1) is 21.2. The normalized spacial score (nSPS) is 19.4. The van der Waals surface area contributed by atoms with E-state index >= 15 is 0 Å². The molecule has 2 atom stereocenters. The van der Waals surface area contributed by atoms with Gasteiger partial charge in [-0.05, 0) is 67.6 Å². The van der Waals surface area contributed by atoms with Crippen LogP contribution < -0.4 is 14.8 Å². The molecule has 2 aromatic rings. The molecule has 0 aromatic heterocycles. The molecule has 3 rings (SSSR count). The molecule has 2 aromatic carbocycles. The molecule has 6 nitrogen and oxygen atoms in total. The molecule has 1 amide bonds. The molecule has 156 valence electrons. The zero-order chi connectivity index (χ0) is 21.0. The maximum atomic E-state index is 12.9. The van der Waals surface area contributed by atoms with E-state index in [0.717, 1.165) is 19.3 Å². The maximum absolute atomic E-state index is 12.9. The third-order valence-corrected chi connectivity index (χ3v) is 7.03. The van der Waals surface area contributed by atoms with E-state index in [2.05, 4.69) is 17.0 Å². The summed E-state index contributed by atoms with van der Waals surface area (Å²) >= 11 is 0. The molecular formula is C22H28N2O4S. The van der Waals surface area contributed by atoms with E-state index in [1.807, 2.05) is 0 Å². The lowest BCUT2D eigenvalue weighted by molar-refractivity contribution is 0.0910. The summed E-state index contributed by atoms with van der Waals surface area (Å²) in [7, 11) is -2.29. The monoisotopic (exact) mass is 416 g/mol. The third kappa shape index (κ3) is 5.09. The van der Waals surface area contributed by atoms with Crippen LogP contribution in [0.2, 0.25) is 0 Å². The first-order chi connectivity index (χ1) is 13.8. The Kier molecular flexibility index (Phi) is 6.47. The number of carbonyl (C=O) groups excluding carboxylic acids is 1. The van der Waals surface area contributed by atoms with Crippen LogP contribution in [0.3, 0.4) is 0 Å². The number of rotatable bonds is 6. The number of hydrogen-bond acceptors (Lipinski definition) is 4.